The van der Waals surface area contributed by atoms with Crippen molar-refractivity contribution in [3.8, 4) is 17.2 Å². The summed E-state index contributed by atoms with van der Waals surface area (Å²) in [6.07, 6.45) is 2.92. The van der Waals surface area contributed by atoms with Crippen molar-refractivity contribution in [2.24, 2.45) is 0 Å². The van der Waals surface area contributed by atoms with E-state index in [4.69, 9.17) is 103 Å². The number of carbonyl (C=O) groups is 4. The predicted molar refractivity (Wildman–Crippen MR) is 584 cm³/mol. The molecule has 9 N–H and O–H groups in total. The quantitative estimate of drug-likeness (QED) is 0.0281. The number of methoxy groups -OCH3 is 2. The second-order valence-electron chi connectivity index (χ2n) is 36.3. The zero-order valence-electron chi connectivity index (χ0n) is 80.3. The number of amides is 3. The minimum Gasteiger partial charge on any atom is -0.454 e. The van der Waals surface area contributed by atoms with E-state index in [0.29, 0.717) is 92.6 Å². The molecule has 25 rings (SSSR count). The highest BCUT2D eigenvalue weighted by Crippen LogP contribution is 2.48. The largest absolute Gasteiger partial charge is 0.513 e. The van der Waals surface area contributed by atoms with Gasteiger partial charge in [0.15, 0.2) is 34.8 Å². The average molecular weight is 2330 g/mol. The van der Waals surface area contributed by atoms with E-state index in [1.807, 2.05) is 121 Å². The van der Waals surface area contributed by atoms with Crippen LogP contribution in [0.1, 0.15) is 151 Å². The normalized spacial score (nSPS) is 17.1. The molecule has 7 aliphatic rings. The first kappa shape index (κ1) is 103. The molecular weight excluding hydrogens is 2230 g/mol. The van der Waals surface area contributed by atoms with Crippen molar-refractivity contribution in [3.63, 3.8) is 0 Å². The number of aromatic amines is 6. The molecule has 13 heterocycles. The maximum atomic E-state index is 14.2. The summed E-state index contributed by atoms with van der Waals surface area (Å²) in [6, 6.07) is 69.0. The fraction of sp³-hybridized carbons (Fsp3) is 0.221. The Morgan fingerprint density at radius 1 is 0.356 bits per heavy atom. The van der Waals surface area contributed by atoms with Crippen LogP contribution < -0.4 is 30.2 Å². The highest BCUT2D eigenvalue weighted by Gasteiger charge is 2.41. The van der Waals surface area contributed by atoms with E-state index in [0.717, 1.165) is 182 Å². The van der Waals surface area contributed by atoms with Crippen LogP contribution >= 0.6 is 117 Å². The van der Waals surface area contributed by atoms with Crippen LogP contribution in [-0.4, -0.2) is 143 Å². The Kier molecular flexibility index (Phi) is 31.2. The van der Waals surface area contributed by atoms with Gasteiger partial charge in [0.1, 0.15) is 23.9 Å². The van der Waals surface area contributed by atoms with Gasteiger partial charge in [0.2, 0.25) is 6.79 Å². The van der Waals surface area contributed by atoms with Crippen molar-refractivity contribution in [2.45, 2.75) is 88.6 Å². The number of hydrogen-bond donors (Lipinski definition) is 9. The molecule has 3 amide bonds. The van der Waals surface area contributed by atoms with Crippen LogP contribution in [-0.2, 0) is 57.5 Å². The summed E-state index contributed by atoms with van der Waals surface area (Å²) in [5, 5.41) is 21.4. The van der Waals surface area contributed by atoms with Gasteiger partial charge in [-0.25, -0.2) is 36.7 Å². The summed E-state index contributed by atoms with van der Waals surface area (Å²) >= 11 is 47.7. The number of rotatable bonds is 9. The number of H-pyrrole nitrogens is 6. The van der Waals surface area contributed by atoms with Gasteiger partial charge in [-0.05, 0) is 289 Å². The highest BCUT2D eigenvalue weighted by molar-refractivity contribution is 9.11. The second kappa shape index (κ2) is 44.9. The summed E-state index contributed by atoms with van der Waals surface area (Å²) in [4.78, 5) is 74.8. The molecule has 6 atom stereocenters. The molecule has 7 aliphatic heterocycles. The van der Waals surface area contributed by atoms with Crippen LogP contribution in [0.2, 0.25) is 30.1 Å². The SMILES string of the molecule is CCOC(=O)Oc1ccc(C2c3[nH]c4ccc(Cl)cc4c3CCN2C(=O)OCC)cc1.COC(=O)N1CCc2c([nH]c3ccc(Cl)cc23)C1c1ccc(F)c(F)c1.COC(=O)N1CCc2c([nH]c3ccc(Cl)cc23)C1c1ccc2c(c1)OCO2.Clc1ccc(C2NCCc3c2[nH]c2ccc(Br)cc32)c(Cl)c1.Clc1cccc(C2NCCc3c2[nH]c2ccc(Br)cc32)c1.Fc1cccc(C2NCCc3c2[nH]c2ccc(Br)cc32)c1F. The van der Waals surface area contributed by atoms with E-state index in [-0.39, 0.29) is 55.8 Å². The molecule has 0 fully saturated rings. The van der Waals surface area contributed by atoms with Crippen LogP contribution in [0.5, 0.6) is 17.2 Å². The van der Waals surface area contributed by atoms with Crippen LogP contribution in [0.15, 0.2) is 244 Å². The Balaban J connectivity index is 0.000000109. The Hall–Kier alpha value is -12.7. The minimum absolute atomic E-state index is 0.0692. The van der Waals surface area contributed by atoms with E-state index in [2.05, 4.69) is 142 Å². The smallest absolute Gasteiger partial charge is 0.454 e. The molecule has 36 heteroatoms. The number of benzene rings is 12. The number of hydrogen-bond acceptors (Lipinski definition) is 14. The molecule has 12 aromatic carbocycles. The zero-order valence-corrected chi connectivity index (χ0v) is 89.5. The number of fused-ring (bicyclic) bond motifs is 19. The number of halogens is 13. The van der Waals surface area contributed by atoms with Crippen LogP contribution in [0.25, 0.3) is 65.4 Å². The third-order valence-electron chi connectivity index (χ3n) is 27.7. The first-order valence-electron chi connectivity index (χ1n) is 48.2. The van der Waals surface area contributed by atoms with E-state index < -0.39 is 41.6 Å². The van der Waals surface area contributed by atoms with Crippen LogP contribution in [0.4, 0.5) is 36.7 Å². The lowest BCUT2D eigenvalue weighted by Gasteiger charge is -2.35. The van der Waals surface area contributed by atoms with Crippen molar-refractivity contribution in [1.29, 1.82) is 0 Å². The summed E-state index contributed by atoms with van der Waals surface area (Å²) in [6.45, 7) is 8.33. The fourth-order valence-electron chi connectivity index (χ4n) is 21.2. The van der Waals surface area contributed by atoms with E-state index >= 15 is 0 Å². The van der Waals surface area contributed by atoms with Gasteiger partial charge in [-0.2, -0.15) is 0 Å². The summed E-state index contributed by atoms with van der Waals surface area (Å²) in [7, 11) is 2.70. The monoisotopic (exact) mass is 2320 g/mol. The molecule has 0 bridgehead atoms. The molecular formula is C113H95Br3Cl6F4N12O11. The highest BCUT2D eigenvalue weighted by atomic mass is 79.9. The van der Waals surface area contributed by atoms with Gasteiger partial charge in [-0.3, -0.25) is 14.7 Å². The number of ether oxygens (including phenoxy) is 7. The molecule has 6 aromatic heterocycles. The average Bonchev–Trinajstić information content (AvgIpc) is 1.60. The second-order valence-corrected chi connectivity index (χ2v) is 41.7. The lowest BCUT2D eigenvalue weighted by atomic mass is 9.92. The molecule has 6 unspecified atom stereocenters. The van der Waals surface area contributed by atoms with E-state index in [9.17, 15) is 36.7 Å². The topological polar surface area (TPSA) is 273 Å². The van der Waals surface area contributed by atoms with Gasteiger partial charge in [0, 0.05) is 188 Å². The number of aromatic nitrogens is 6. The van der Waals surface area contributed by atoms with Crippen molar-refractivity contribution in [2.75, 3.05) is 73.5 Å². The van der Waals surface area contributed by atoms with Gasteiger partial charge in [0.05, 0.1) is 45.6 Å². The van der Waals surface area contributed by atoms with Crippen molar-refractivity contribution < 1.29 is 69.9 Å². The molecule has 0 spiro atoms. The number of nitrogens with one attached hydrogen (secondary N) is 9. The van der Waals surface area contributed by atoms with Crippen molar-refractivity contribution >= 4 is 207 Å². The minimum atomic E-state index is -0.960. The lowest BCUT2D eigenvalue weighted by Crippen LogP contribution is -2.40. The molecule has 0 saturated carbocycles. The maximum absolute atomic E-state index is 14.2. The van der Waals surface area contributed by atoms with Crippen LogP contribution in [0.3, 0.4) is 0 Å². The van der Waals surface area contributed by atoms with E-state index in [1.54, 1.807) is 60.0 Å². The molecule has 0 radical (unpaired) electrons. The Morgan fingerprint density at radius 3 is 1.23 bits per heavy atom. The van der Waals surface area contributed by atoms with E-state index in [1.165, 1.54) is 80.7 Å². The Bertz CT molecular complexity index is 8210. The first-order valence-corrected chi connectivity index (χ1v) is 52.9. The Morgan fingerprint density at radius 2 is 0.752 bits per heavy atom. The molecule has 149 heavy (non-hydrogen) atoms. The molecule has 764 valence electrons. The van der Waals surface area contributed by atoms with Crippen LogP contribution in [0, 0.1) is 23.3 Å². The van der Waals surface area contributed by atoms with Gasteiger partial charge in [-0.1, -0.05) is 172 Å². The summed E-state index contributed by atoms with van der Waals surface area (Å²) in [5.74, 6) is -1.73. The summed E-state index contributed by atoms with van der Waals surface area (Å²) < 4.78 is 94.3. The molecule has 0 saturated heterocycles. The van der Waals surface area contributed by atoms with Crippen molar-refractivity contribution in [3.05, 3.63) is 398 Å². The number of nitrogens with zero attached hydrogens (tertiary/aromatic N) is 3. The molecule has 0 aliphatic carbocycles. The van der Waals surface area contributed by atoms with Gasteiger partial charge in [0.25, 0.3) is 0 Å². The zero-order chi connectivity index (χ0) is 104. The maximum Gasteiger partial charge on any atom is 0.513 e. The lowest BCUT2D eigenvalue weighted by molar-refractivity contribution is 0.0931. The fourth-order valence-corrected chi connectivity index (χ4v) is 23.5. The van der Waals surface area contributed by atoms with Crippen molar-refractivity contribution in [1.82, 2.24) is 60.6 Å². The Labute approximate surface area is 907 Å². The third kappa shape index (κ3) is 21.4. The molecule has 23 nitrogen and oxygen atoms in total. The summed E-state index contributed by atoms with van der Waals surface area (Å²) in [5.41, 5.74) is 24.4. The standard InChI is InChI=1S/C23H23ClN2O5.C20H17ClN2O4.C19H15ClF2N2O2.C17H13BrCl2N2.C17H14BrClN2.C17H13BrF2N2/c1-3-29-22(27)26-12-11-17-18-13-15(24)7-10-19(18)25-20(17)21(26)14-5-8-16(9-6-14)31-23(28)30-4-2;1-25-20(24)23-7-6-13-14-9-12(21)3-4-15(14)22-18(13)19(23)11-2-5-16-17(8-11)27-10-26-16;1-26-19(25)24-7-6-12-13-9-11(20)3-5-16(13)23-17(12)18(24)10-2-4-14(21)15(22)8-10;18-9-1-4-15-13(7-9)11-5-6-21-16(17(11)22-15)12-3-2-10(19)8-14(12)20;18-11-4-5-15-14(9-11)13-6-7-20-16(17(13)21-15)10-2-1-3-12(19)8-10;18-9-4-5-14-12(8-9)10-6-7-21-16(17(10)22-14)11-2-1-3-13(19)15(11)20/h5-10,13,21,25H,3-4,11-12H2,1-2H3;2-5,8-9,19,22H,6-7,10H2,1H3;2-5,8-9,18,23H,6-7H2,1H3;1-4,7-8,16,21-22H,5-6H2;1-5,8-9,16,20-21H,6-7H2;1-5,8,16,21-22H,6-7H2. The van der Waals surface area contributed by atoms with Gasteiger partial charge < -0.3 is 79.0 Å². The predicted octanol–water partition coefficient (Wildman–Crippen LogP) is 29.3. The first-order chi connectivity index (χ1) is 72.2. The third-order valence-corrected chi connectivity index (χ3v) is 30.7. The number of carbonyl (C=O) groups excluding carboxylic acids is 4. The van der Waals surface area contributed by atoms with Gasteiger partial charge in [-0.15, -0.1) is 0 Å². The molecule has 18 aromatic rings. The van der Waals surface area contributed by atoms with Gasteiger partial charge >= 0.3 is 24.4 Å².